The third-order valence-corrected chi connectivity index (χ3v) is 3.79. The molecule has 0 aromatic heterocycles. The number of carboxylic acid groups (broad SMARTS) is 1. The van der Waals surface area contributed by atoms with Crippen LogP contribution in [0.15, 0.2) is 12.1 Å². The lowest BCUT2D eigenvalue weighted by Crippen LogP contribution is -2.17. The van der Waals surface area contributed by atoms with Gasteiger partial charge in [-0.3, -0.25) is 4.79 Å². The Morgan fingerprint density at radius 3 is 2.40 bits per heavy atom. The highest BCUT2D eigenvalue weighted by atomic mass is 16.5. The van der Waals surface area contributed by atoms with Gasteiger partial charge in [-0.15, -0.1) is 0 Å². The molecule has 2 rings (SSSR count). The molecule has 0 bridgehead atoms. The van der Waals surface area contributed by atoms with E-state index in [1.165, 1.54) is 0 Å². The molecule has 0 amide bonds. The second-order valence-electron chi connectivity index (χ2n) is 5.15. The largest absolute Gasteiger partial charge is 0.497 e. The minimum absolute atomic E-state index is 0.117. The zero-order valence-corrected chi connectivity index (χ0v) is 12.1. The molecule has 0 heterocycles. The van der Waals surface area contributed by atoms with Crippen LogP contribution < -0.4 is 9.47 Å². The number of methoxy groups -OCH3 is 3. The predicted molar refractivity (Wildman–Crippen MR) is 73.4 cm³/mol. The van der Waals surface area contributed by atoms with Crippen molar-refractivity contribution in [3.63, 3.8) is 0 Å². The lowest BCUT2D eigenvalue weighted by Gasteiger charge is -2.22. The average Bonchev–Trinajstić information content (AvgIpc) is 3.17. The topological polar surface area (TPSA) is 65.0 Å². The molecule has 1 fully saturated rings. The van der Waals surface area contributed by atoms with E-state index in [1.807, 2.05) is 6.07 Å². The molecule has 1 aliphatic rings. The first-order valence-electron chi connectivity index (χ1n) is 6.52. The molecule has 1 N–H and O–H groups in total. The molecule has 1 saturated carbocycles. The Morgan fingerprint density at radius 1 is 1.25 bits per heavy atom. The van der Waals surface area contributed by atoms with Crippen LogP contribution in [0.3, 0.4) is 0 Å². The number of carboxylic acids is 1. The maximum absolute atomic E-state index is 11.1. The summed E-state index contributed by atoms with van der Waals surface area (Å²) in [6.45, 7) is 0.407. The second kappa shape index (κ2) is 5.71. The van der Waals surface area contributed by atoms with Crippen LogP contribution in [0.1, 0.15) is 30.4 Å². The lowest BCUT2D eigenvalue weighted by atomic mass is 9.87. The van der Waals surface area contributed by atoms with Gasteiger partial charge >= 0.3 is 5.97 Å². The molecule has 0 spiro atoms. The highest BCUT2D eigenvalue weighted by Crippen LogP contribution is 2.55. The molecule has 20 heavy (non-hydrogen) atoms. The summed E-state index contributed by atoms with van der Waals surface area (Å²) in [5.41, 5.74) is 1.56. The average molecular weight is 280 g/mol. The summed E-state index contributed by atoms with van der Waals surface area (Å²) in [7, 11) is 4.80. The zero-order chi connectivity index (χ0) is 14.8. The molecule has 0 aliphatic heterocycles. The number of aliphatic carboxylic acids is 1. The fourth-order valence-corrected chi connectivity index (χ4v) is 2.75. The summed E-state index contributed by atoms with van der Waals surface area (Å²) in [5.74, 6) is 0.572. The quantitative estimate of drug-likeness (QED) is 0.830. The highest BCUT2D eigenvalue weighted by molar-refractivity contribution is 5.71. The first kappa shape index (κ1) is 14.7. The van der Waals surface area contributed by atoms with Crippen molar-refractivity contribution in [1.82, 2.24) is 0 Å². The fraction of sp³-hybridized carbons (Fsp3) is 0.533. The van der Waals surface area contributed by atoms with E-state index in [0.717, 1.165) is 24.0 Å². The number of carbonyl (C=O) groups is 1. The van der Waals surface area contributed by atoms with Gasteiger partial charge in [0.2, 0.25) is 0 Å². The molecular weight excluding hydrogens is 260 g/mol. The summed E-state index contributed by atoms with van der Waals surface area (Å²) >= 11 is 0. The summed E-state index contributed by atoms with van der Waals surface area (Å²) in [6.07, 6.45) is 1.84. The highest BCUT2D eigenvalue weighted by Gasteiger charge is 2.49. The fourth-order valence-electron chi connectivity index (χ4n) is 2.75. The van der Waals surface area contributed by atoms with Crippen molar-refractivity contribution >= 4 is 5.97 Å². The van der Waals surface area contributed by atoms with Crippen LogP contribution in [0.4, 0.5) is 0 Å². The van der Waals surface area contributed by atoms with Crippen LogP contribution >= 0.6 is 0 Å². The maximum Gasteiger partial charge on any atom is 0.304 e. The molecule has 0 unspecified atom stereocenters. The maximum atomic E-state index is 11.1. The van der Waals surface area contributed by atoms with Crippen molar-refractivity contribution in [3.05, 3.63) is 23.3 Å². The molecule has 1 aromatic carbocycles. The molecule has 0 saturated heterocycles. The van der Waals surface area contributed by atoms with Crippen molar-refractivity contribution < 1.29 is 24.1 Å². The molecule has 1 aromatic rings. The van der Waals surface area contributed by atoms with E-state index in [2.05, 4.69) is 0 Å². The van der Waals surface area contributed by atoms with Crippen LogP contribution in [0, 0.1) is 0 Å². The first-order chi connectivity index (χ1) is 9.56. The smallest absolute Gasteiger partial charge is 0.304 e. The van der Waals surface area contributed by atoms with Crippen molar-refractivity contribution in [1.29, 1.82) is 0 Å². The Morgan fingerprint density at radius 2 is 1.95 bits per heavy atom. The van der Waals surface area contributed by atoms with E-state index in [4.69, 9.17) is 19.3 Å². The van der Waals surface area contributed by atoms with E-state index >= 15 is 0 Å². The Hall–Kier alpha value is -1.75. The Labute approximate surface area is 118 Å². The molecule has 0 radical (unpaired) electrons. The van der Waals surface area contributed by atoms with Gasteiger partial charge in [0.1, 0.15) is 11.5 Å². The number of benzene rings is 1. The molecular formula is C15H20O5. The Bertz CT molecular complexity index is 505. The minimum Gasteiger partial charge on any atom is -0.497 e. The van der Waals surface area contributed by atoms with Crippen molar-refractivity contribution in [3.8, 4) is 11.5 Å². The molecule has 1 aliphatic carbocycles. The van der Waals surface area contributed by atoms with Gasteiger partial charge < -0.3 is 19.3 Å². The van der Waals surface area contributed by atoms with E-state index in [0.29, 0.717) is 18.1 Å². The monoisotopic (exact) mass is 280 g/mol. The Balaban J connectivity index is 2.51. The van der Waals surface area contributed by atoms with Gasteiger partial charge in [-0.1, -0.05) is 0 Å². The number of hydrogen-bond acceptors (Lipinski definition) is 4. The van der Waals surface area contributed by atoms with Gasteiger partial charge in [-0.2, -0.15) is 0 Å². The van der Waals surface area contributed by atoms with Crippen molar-refractivity contribution in [2.45, 2.75) is 31.3 Å². The van der Waals surface area contributed by atoms with Gasteiger partial charge in [0, 0.05) is 24.2 Å². The van der Waals surface area contributed by atoms with Crippen molar-refractivity contribution in [2.75, 3.05) is 21.3 Å². The number of rotatable bonds is 7. The van der Waals surface area contributed by atoms with Crippen LogP contribution in [-0.4, -0.2) is 32.4 Å². The van der Waals surface area contributed by atoms with E-state index < -0.39 is 5.97 Å². The molecule has 5 nitrogen and oxygen atoms in total. The van der Waals surface area contributed by atoms with Crippen LogP contribution in [-0.2, 0) is 21.6 Å². The SMILES string of the molecule is COCc1cc(OC)cc(OC)c1C1(CC(=O)O)CC1. The third-order valence-electron chi connectivity index (χ3n) is 3.79. The second-order valence-corrected chi connectivity index (χ2v) is 5.15. The summed E-state index contributed by atoms with van der Waals surface area (Å²) < 4.78 is 16.0. The van der Waals surface area contributed by atoms with Gasteiger partial charge in [-0.05, 0) is 24.5 Å². The predicted octanol–water partition coefficient (Wildman–Crippen LogP) is 2.36. The van der Waals surface area contributed by atoms with E-state index in [-0.39, 0.29) is 11.8 Å². The van der Waals surface area contributed by atoms with E-state index in [9.17, 15) is 4.79 Å². The summed E-state index contributed by atoms with van der Waals surface area (Å²) in [6, 6.07) is 3.69. The normalized spacial score (nSPS) is 15.8. The van der Waals surface area contributed by atoms with Crippen LogP contribution in [0.5, 0.6) is 11.5 Å². The van der Waals surface area contributed by atoms with E-state index in [1.54, 1.807) is 27.4 Å². The van der Waals surface area contributed by atoms with Gasteiger partial charge in [0.15, 0.2) is 0 Å². The third kappa shape index (κ3) is 2.72. The number of hydrogen-bond donors (Lipinski definition) is 1. The first-order valence-corrected chi connectivity index (χ1v) is 6.52. The minimum atomic E-state index is -0.788. The van der Waals surface area contributed by atoms with Gasteiger partial charge in [-0.25, -0.2) is 0 Å². The summed E-state index contributed by atoms with van der Waals surface area (Å²) in [4.78, 5) is 11.1. The lowest BCUT2D eigenvalue weighted by molar-refractivity contribution is -0.137. The standard InChI is InChI=1S/C15H20O5/c1-18-9-10-6-11(19-2)7-12(20-3)14(10)15(4-5-15)8-13(16)17/h6-7H,4-5,8-9H2,1-3H3,(H,16,17). The zero-order valence-electron chi connectivity index (χ0n) is 12.1. The molecule has 5 heteroatoms. The number of ether oxygens (including phenoxy) is 3. The van der Waals surface area contributed by atoms with Crippen LogP contribution in [0.2, 0.25) is 0 Å². The van der Waals surface area contributed by atoms with Crippen molar-refractivity contribution in [2.24, 2.45) is 0 Å². The summed E-state index contributed by atoms with van der Waals surface area (Å²) in [5, 5.41) is 9.14. The molecule has 0 atom stereocenters. The Kier molecular flexibility index (Phi) is 4.18. The van der Waals surface area contributed by atoms with Gasteiger partial charge in [0.25, 0.3) is 0 Å². The molecule has 110 valence electrons. The van der Waals surface area contributed by atoms with Gasteiger partial charge in [0.05, 0.1) is 27.2 Å². The van der Waals surface area contributed by atoms with Crippen LogP contribution in [0.25, 0.3) is 0 Å².